The van der Waals surface area contributed by atoms with E-state index in [-0.39, 0.29) is 23.7 Å². The number of hydrogen-bond donors (Lipinski definition) is 2. The van der Waals surface area contributed by atoms with Gasteiger partial charge in [0.1, 0.15) is 5.82 Å². The fraction of sp³-hybridized carbons (Fsp3) is 0.533. The van der Waals surface area contributed by atoms with Crippen LogP contribution >= 0.6 is 0 Å². The predicted octanol–water partition coefficient (Wildman–Crippen LogP) is 2.39. The number of halogens is 1. The number of rotatable bonds is 3. The lowest BCUT2D eigenvalue weighted by atomic mass is 9.94. The molecule has 3 nitrogen and oxygen atoms in total. The fourth-order valence-corrected chi connectivity index (χ4v) is 2.41. The molecule has 2 rings (SSSR count). The van der Waals surface area contributed by atoms with E-state index in [1.807, 2.05) is 13.0 Å². The molecule has 0 aliphatic carbocycles. The minimum absolute atomic E-state index is 0.0206. The minimum Gasteiger partial charge on any atom is -0.349 e. The van der Waals surface area contributed by atoms with Crippen molar-refractivity contribution in [3.8, 4) is 0 Å². The number of carbonyl (C=O) groups excluding carboxylic acids is 1. The van der Waals surface area contributed by atoms with Crippen LogP contribution in [0.4, 0.5) is 4.39 Å². The number of amides is 1. The summed E-state index contributed by atoms with van der Waals surface area (Å²) in [5.41, 5.74) is 0.797. The Morgan fingerprint density at radius 1 is 1.47 bits per heavy atom. The van der Waals surface area contributed by atoms with Crippen LogP contribution in [0.1, 0.15) is 38.3 Å². The van der Waals surface area contributed by atoms with Crippen molar-refractivity contribution in [3.05, 3.63) is 35.6 Å². The molecule has 19 heavy (non-hydrogen) atoms. The second kappa shape index (κ2) is 6.15. The maximum absolute atomic E-state index is 13.1. The molecule has 1 aliphatic rings. The van der Waals surface area contributed by atoms with Gasteiger partial charge in [0.2, 0.25) is 5.91 Å². The molecule has 1 saturated heterocycles. The first kappa shape index (κ1) is 14.0. The predicted molar refractivity (Wildman–Crippen MR) is 73.1 cm³/mol. The second-order valence-electron chi connectivity index (χ2n) is 5.37. The van der Waals surface area contributed by atoms with Gasteiger partial charge in [-0.3, -0.25) is 4.79 Å². The van der Waals surface area contributed by atoms with Crippen molar-refractivity contribution < 1.29 is 9.18 Å². The van der Waals surface area contributed by atoms with E-state index < -0.39 is 0 Å². The molecule has 3 unspecified atom stereocenters. The van der Waals surface area contributed by atoms with Crippen LogP contribution < -0.4 is 10.6 Å². The molecule has 0 bridgehead atoms. The summed E-state index contributed by atoms with van der Waals surface area (Å²) >= 11 is 0. The van der Waals surface area contributed by atoms with E-state index in [4.69, 9.17) is 0 Å². The van der Waals surface area contributed by atoms with E-state index in [9.17, 15) is 9.18 Å². The highest BCUT2D eigenvalue weighted by Crippen LogP contribution is 2.18. The van der Waals surface area contributed by atoms with Crippen LogP contribution in [0.2, 0.25) is 0 Å². The summed E-state index contributed by atoms with van der Waals surface area (Å²) in [4.78, 5) is 12.1. The Morgan fingerprint density at radius 2 is 2.26 bits per heavy atom. The van der Waals surface area contributed by atoms with Gasteiger partial charge in [-0.2, -0.15) is 0 Å². The molecule has 1 fully saturated rings. The van der Waals surface area contributed by atoms with Crippen LogP contribution in [-0.2, 0) is 4.79 Å². The van der Waals surface area contributed by atoms with Gasteiger partial charge in [-0.05, 0) is 44.4 Å². The van der Waals surface area contributed by atoms with Gasteiger partial charge in [0, 0.05) is 12.6 Å². The van der Waals surface area contributed by atoms with Crippen LogP contribution in [0.5, 0.6) is 0 Å². The van der Waals surface area contributed by atoms with Crippen LogP contribution in [0.3, 0.4) is 0 Å². The summed E-state index contributed by atoms with van der Waals surface area (Å²) in [7, 11) is 0. The van der Waals surface area contributed by atoms with Crippen molar-refractivity contribution in [3.63, 3.8) is 0 Å². The third-order valence-corrected chi connectivity index (χ3v) is 3.74. The lowest BCUT2D eigenvalue weighted by Crippen LogP contribution is -2.44. The summed E-state index contributed by atoms with van der Waals surface area (Å²) in [6.07, 6.45) is 1.93. The molecular weight excluding hydrogens is 243 g/mol. The lowest BCUT2D eigenvalue weighted by molar-refractivity contribution is -0.126. The van der Waals surface area contributed by atoms with E-state index >= 15 is 0 Å². The molecule has 1 heterocycles. The monoisotopic (exact) mass is 264 g/mol. The number of piperidine rings is 1. The van der Waals surface area contributed by atoms with Gasteiger partial charge >= 0.3 is 0 Å². The summed E-state index contributed by atoms with van der Waals surface area (Å²) in [5.74, 6) is -0.199. The van der Waals surface area contributed by atoms with Crippen LogP contribution in [0, 0.1) is 11.7 Å². The van der Waals surface area contributed by atoms with Gasteiger partial charge in [0.25, 0.3) is 0 Å². The first-order chi connectivity index (χ1) is 9.06. The Morgan fingerprint density at radius 3 is 2.89 bits per heavy atom. The number of nitrogens with one attached hydrogen (secondary N) is 2. The molecule has 4 heteroatoms. The fourth-order valence-electron chi connectivity index (χ4n) is 2.41. The summed E-state index contributed by atoms with van der Waals surface area (Å²) in [5, 5.41) is 6.28. The molecular formula is C15H21FN2O. The van der Waals surface area contributed by atoms with Crippen LogP contribution in [0.15, 0.2) is 24.3 Å². The minimum atomic E-state index is -0.272. The molecule has 1 aliphatic heterocycles. The Kier molecular flexibility index (Phi) is 4.53. The quantitative estimate of drug-likeness (QED) is 0.880. The third kappa shape index (κ3) is 3.77. The molecule has 0 aromatic heterocycles. The van der Waals surface area contributed by atoms with Gasteiger partial charge in [-0.25, -0.2) is 4.39 Å². The maximum atomic E-state index is 13.1. The zero-order chi connectivity index (χ0) is 13.8. The highest BCUT2D eigenvalue weighted by atomic mass is 19.1. The van der Waals surface area contributed by atoms with E-state index in [1.54, 1.807) is 6.07 Å². The zero-order valence-electron chi connectivity index (χ0n) is 11.4. The summed E-state index contributed by atoms with van der Waals surface area (Å²) < 4.78 is 13.1. The Hall–Kier alpha value is -1.42. The average molecular weight is 264 g/mol. The van der Waals surface area contributed by atoms with Crippen LogP contribution in [-0.4, -0.2) is 18.5 Å². The van der Waals surface area contributed by atoms with Gasteiger partial charge < -0.3 is 10.6 Å². The van der Waals surface area contributed by atoms with Gasteiger partial charge in [0.05, 0.1) is 12.0 Å². The van der Waals surface area contributed by atoms with Crippen molar-refractivity contribution in [2.75, 3.05) is 6.54 Å². The highest BCUT2D eigenvalue weighted by Gasteiger charge is 2.24. The summed E-state index contributed by atoms with van der Waals surface area (Å²) in [6.45, 7) is 4.73. The molecule has 0 radical (unpaired) electrons. The Balaban J connectivity index is 1.91. The zero-order valence-corrected chi connectivity index (χ0v) is 11.4. The largest absolute Gasteiger partial charge is 0.349 e. The van der Waals surface area contributed by atoms with Crippen molar-refractivity contribution >= 4 is 5.91 Å². The van der Waals surface area contributed by atoms with Crippen molar-refractivity contribution in [2.24, 2.45) is 5.92 Å². The number of hydrogen-bond acceptors (Lipinski definition) is 2. The normalized spacial score (nSPS) is 24.8. The highest BCUT2D eigenvalue weighted by molar-refractivity contribution is 5.79. The van der Waals surface area contributed by atoms with Crippen LogP contribution in [0.25, 0.3) is 0 Å². The molecule has 1 amide bonds. The standard InChI is InChI=1S/C15H21FN2O/c1-10-6-7-13(9-17-10)15(19)18-11(2)12-4-3-5-14(16)8-12/h3-5,8,10-11,13,17H,6-7,9H2,1-2H3,(H,18,19). The Bertz CT molecular complexity index is 442. The van der Waals surface area contributed by atoms with Crippen molar-refractivity contribution in [1.82, 2.24) is 10.6 Å². The molecule has 1 aromatic rings. The molecule has 2 N–H and O–H groups in total. The van der Waals surface area contributed by atoms with Crippen molar-refractivity contribution in [2.45, 2.75) is 38.8 Å². The number of benzene rings is 1. The lowest BCUT2D eigenvalue weighted by Gasteiger charge is -2.28. The molecule has 0 saturated carbocycles. The summed E-state index contributed by atoms with van der Waals surface area (Å²) in [6, 6.07) is 6.69. The van der Waals surface area contributed by atoms with E-state index in [2.05, 4.69) is 17.6 Å². The van der Waals surface area contributed by atoms with E-state index in [0.29, 0.717) is 6.04 Å². The third-order valence-electron chi connectivity index (χ3n) is 3.74. The van der Waals surface area contributed by atoms with Crippen molar-refractivity contribution in [1.29, 1.82) is 0 Å². The smallest absolute Gasteiger partial charge is 0.224 e. The average Bonchev–Trinajstić information content (AvgIpc) is 2.39. The van der Waals surface area contributed by atoms with E-state index in [0.717, 1.165) is 24.9 Å². The first-order valence-corrected chi connectivity index (χ1v) is 6.85. The van der Waals surface area contributed by atoms with Gasteiger partial charge in [-0.1, -0.05) is 12.1 Å². The van der Waals surface area contributed by atoms with E-state index in [1.165, 1.54) is 12.1 Å². The first-order valence-electron chi connectivity index (χ1n) is 6.85. The molecule has 3 atom stereocenters. The van der Waals surface area contributed by atoms with Gasteiger partial charge in [0.15, 0.2) is 0 Å². The second-order valence-corrected chi connectivity index (χ2v) is 5.37. The topological polar surface area (TPSA) is 41.1 Å². The molecule has 104 valence electrons. The van der Waals surface area contributed by atoms with Gasteiger partial charge in [-0.15, -0.1) is 0 Å². The molecule has 1 aromatic carbocycles. The Labute approximate surface area is 113 Å². The maximum Gasteiger partial charge on any atom is 0.224 e. The number of carbonyl (C=O) groups is 1. The SMILES string of the molecule is CC1CCC(C(=O)NC(C)c2cccc(F)c2)CN1. The molecule has 0 spiro atoms.